The monoisotopic (exact) mass is 213 g/mol. The summed E-state index contributed by atoms with van der Waals surface area (Å²) >= 11 is 0. The summed E-state index contributed by atoms with van der Waals surface area (Å²) in [7, 11) is -3.26. The van der Waals surface area contributed by atoms with E-state index in [0.717, 1.165) is 0 Å². The molecule has 0 radical (unpaired) electrons. The van der Waals surface area contributed by atoms with Gasteiger partial charge in [-0.2, -0.15) is 0 Å². The van der Waals surface area contributed by atoms with E-state index in [9.17, 15) is 17.2 Å². The van der Waals surface area contributed by atoms with E-state index >= 15 is 0 Å². The Kier molecular flexibility index (Phi) is 2.91. The molecule has 0 saturated carbocycles. The van der Waals surface area contributed by atoms with Crippen molar-refractivity contribution in [2.24, 2.45) is 0 Å². The lowest BCUT2D eigenvalue weighted by atomic mass is 10.00. The van der Waals surface area contributed by atoms with Crippen LogP contribution in [0.4, 0.5) is 8.78 Å². The van der Waals surface area contributed by atoms with Crippen LogP contribution in [0, 0.1) is 0 Å². The summed E-state index contributed by atoms with van der Waals surface area (Å²) in [6, 6.07) is 0. The Morgan fingerprint density at radius 3 is 2.46 bits per heavy atom. The first kappa shape index (κ1) is 10.8. The van der Waals surface area contributed by atoms with Crippen molar-refractivity contribution in [2.45, 2.75) is 25.3 Å². The van der Waals surface area contributed by atoms with Crippen LogP contribution in [0.3, 0.4) is 0 Å². The maximum absolute atomic E-state index is 12.6. The minimum absolute atomic E-state index is 0.0147. The average Bonchev–Trinajstić information content (AvgIpc) is 2.28. The van der Waals surface area contributed by atoms with Gasteiger partial charge in [-0.05, 0) is 13.0 Å². The molecule has 6 heteroatoms. The summed E-state index contributed by atoms with van der Waals surface area (Å²) in [5, 5.41) is 2.58. The van der Waals surface area contributed by atoms with Crippen LogP contribution in [0.5, 0.6) is 0 Å². The second-order valence-corrected chi connectivity index (χ2v) is 5.51. The highest BCUT2D eigenvalue weighted by atomic mass is 32.2. The highest BCUT2D eigenvalue weighted by molar-refractivity contribution is 7.91. The lowest BCUT2D eigenvalue weighted by molar-refractivity contribution is 0.0456. The molecular weight excluding hydrogens is 200 g/mol. The number of hydrogen-bond acceptors (Lipinski definition) is 3. The zero-order valence-corrected chi connectivity index (χ0v) is 8.20. The third-order valence-corrected chi connectivity index (χ3v) is 4.06. The number of nitrogens with one attached hydrogen (secondary N) is 1. The van der Waals surface area contributed by atoms with Gasteiger partial charge in [0, 0.05) is 0 Å². The third kappa shape index (κ3) is 2.17. The van der Waals surface area contributed by atoms with Gasteiger partial charge in [0.05, 0.1) is 17.0 Å². The molecule has 1 fully saturated rings. The second kappa shape index (κ2) is 3.49. The molecule has 0 aliphatic carbocycles. The van der Waals surface area contributed by atoms with Crippen molar-refractivity contribution in [3.05, 3.63) is 0 Å². The van der Waals surface area contributed by atoms with Crippen LogP contribution < -0.4 is 5.32 Å². The molecule has 0 amide bonds. The Morgan fingerprint density at radius 2 is 2.15 bits per heavy atom. The summed E-state index contributed by atoms with van der Waals surface area (Å²) in [5.41, 5.74) is -1.49. The van der Waals surface area contributed by atoms with E-state index in [1.807, 2.05) is 0 Å². The van der Waals surface area contributed by atoms with E-state index in [2.05, 4.69) is 5.32 Å². The molecule has 1 aliphatic heterocycles. The van der Waals surface area contributed by atoms with Crippen LogP contribution in [0.1, 0.15) is 13.3 Å². The molecule has 0 spiro atoms. The van der Waals surface area contributed by atoms with Gasteiger partial charge in [0.25, 0.3) is 6.43 Å². The Labute approximate surface area is 76.4 Å². The van der Waals surface area contributed by atoms with Gasteiger partial charge in [0.1, 0.15) is 0 Å². The van der Waals surface area contributed by atoms with Crippen LogP contribution in [-0.2, 0) is 9.84 Å². The number of halogens is 2. The molecular formula is C7H13F2NO2S. The predicted molar refractivity (Wildman–Crippen MR) is 45.7 cm³/mol. The van der Waals surface area contributed by atoms with Gasteiger partial charge in [0.2, 0.25) is 0 Å². The summed E-state index contributed by atoms with van der Waals surface area (Å²) in [5.74, 6) is -0.574. The van der Waals surface area contributed by atoms with Gasteiger partial charge in [0.15, 0.2) is 9.84 Å². The number of sulfone groups is 1. The van der Waals surface area contributed by atoms with Crippen molar-refractivity contribution in [1.82, 2.24) is 5.32 Å². The van der Waals surface area contributed by atoms with Gasteiger partial charge >= 0.3 is 0 Å². The zero-order valence-electron chi connectivity index (χ0n) is 7.39. The average molecular weight is 213 g/mol. The van der Waals surface area contributed by atoms with Gasteiger partial charge in [-0.25, -0.2) is 17.2 Å². The lowest BCUT2D eigenvalue weighted by Crippen LogP contribution is -2.52. The Balaban J connectivity index is 2.83. The topological polar surface area (TPSA) is 46.2 Å². The first-order valence-corrected chi connectivity index (χ1v) is 5.97. The quantitative estimate of drug-likeness (QED) is 0.739. The molecule has 3 nitrogen and oxygen atoms in total. The molecule has 1 unspecified atom stereocenters. The van der Waals surface area contributed by atoms with Crippen LogP contribution in [0.25, 0.3) is 0 Å². The predicted octanol–water partition coefficient (Wildman–Crippen LogP) is 0.418. The summed E-state index contributed by atoms with van der Waals surface area (Å²) in [6.07, 6.45) is -2.61. The fraction of sp³-hybridized carbons (Fsp3) is 1.00. The normalized spacial score (nSPS) is 32.6. The Bertz CT molecular complexity index is 278. The van der Waals surface area contributed by atoms with Gasteiger partial charge < -0.3 is 5.32 Å². The lowest BCUT2D eigenvalue weighted by Gasteiger charge is -2.27. The second-order valence-electron chi connectivity index (χ2n) is 3.33. The summed E-state index contributed by atoms with van der Waals surface area (Å²) < 4.78 is 47.3. The number of hydrogen-bond donors (Lipinski definition) is 1. The minimum atomic E-state index is -3.26. The van der Waals surface area contributed by atoms with Crippen molar-refractivity contribution < 1.29 is 17.2 Å². The SMILES string of the molecule is CCNC1(C(F)F)CCS(=O)(=O)C1. The molecule has 0 aromatic carbocycles. The van der Waals surface area contributed by atoms with E-state index in [0.29, 0.717) is 6.54 Å². The van der Waals surface area contributed by atoms with Crippen LogP contribution >= 0.6 is 0 Å². The molecule has 1 saturated heterocycles. The molecule has 0 bridgehead atoms. The zero-order chi connectivity index (χ0) is 10.1. The first-order valence-electron chi connectivity index (χ1n) is 4.15. The highest BCUT2D eigenvalue weighted by Crippen LogP contribution is 2.29. The number of alkyl halides is 2. The van der Waals surface area contributed by atoms with E-state index < -0.39 is 27.6 Å². The Morgan fingerprint density at radius 1 is 1.54 bits per heavy atom. The van der Waals surface area contributed by atoms with E-state index in [-0.39, 0.29) is 12.2 Å². The van der Waals surface area contributed by atoms with Gasteiger partial charge in [-0.1, -0.05) is 6.92 Å². The van der Waals surface area contributed by atoms with Crippen molar-refractivity contribution in [1.29, 1.82) is 0 Å². The molecule has 78 valence electrons. The summed E-state index contributed by atoms with van der Waals surface area (Å²) in [4.78, 5) is 0. The molecule has 1 N–H and O–H groups in total. The molecule has 1 atom stereocenters. The van der Waals surface area contributed by atoms with Crippen molar-refractivity contribution in [3.8, 4) is 0 Å². The van der Waals surface area contributed by atoms with Gasteiger partial charge in [-0.3, -0.25) is 0 Å². The standard InChI is InChI=1S/C7H13F2NO2S/c1-2-10-7(6(8)9)3-4-13(11,12)5-7/h6,10H,2-5H2,1H3. The molecule has 1 aliphatic rings. The molecule has 1 heterocycles. The Hall–Kier alpha value is -0.230. The fourth-order valence-corrected chi connectivity index (χ4v) is 3.59. The van der Waals surface area contributed by atoms with Crippen LogP contribution in [-0.4, -0.2) is 38.4 Å². The molecule has 0 aromatic heterocycles. The third-order valence-electron chi connectivity index (χ3n) is 2.28. The molecule has 13 heavy (non-hydrogen) atoms. The maximum Gasteiger partial charge on any atom is 0.257 e. The van der Waals surface area contributed by atoms with Crippen LogP contribution in [0.2, 0.25) is 0 Å². The van der Waals surface area contributed by atoms with Crippen molar-refractivity contribution in [3.63, 3.8) is 0 Å². The van der Waals surface area contributed by atoms with E-state index in [1.165, 1.54) is 0 Å². The van der Waals surface area contributed by atoms with Crippen LogP contribution in [0.15, 0.2) is 0 Å². The minimum Gasteiger partial charge on any atom is -0.306 e. The first-order chi connectivity index (χ1) is 5.92. The smallest absolute Gasteiger partial charge is 0.257 e. The highest BCUT2D eigenvalue weighted by Gasteiger charge is 2.48. The van der Waals surface area contributed by atoms with Crippen molar-refractivity contribution >= 4 is 9.84 Å². The number of rotatable bonds is 3. The molecule has 0 aromatic rings. The van der Waals surface area contributed by atoms with Crippen molar-refractivity contribution in [2.75, 3.05) is 18.1 Å². The van der Waals surface area contributed by atoms with E-state index in [4.69, 9.17) is 0 Å². The maximum atomic E-state index is 12.6. The van der Waals surface area contributed by atoms with E-state index in [1.54, 1.807) is 6.92 Å². The fourth-order valence-electron chi connectivity index (χ4n) is 1.62. The molecule has 1 rings (SSSR count). The largest absolute Gasteiger partial charge is 0.306 e. The summed E-state index contributed by atoms with van der Waals surface area (Å²) in [6.45, 7) is 2.05. The van der Waals surface area contributed by atoms with Gasteiger partial charge in [-0.15, -0.1) is 0 Å².